The number of piperidine rings is 1. The average Bonchev–Trinajstić information content (AvgIpc) is 2.29. The second-order valence-electron chi connectivity index (χ2n) is 4.52. The van der Waals surface area contributed by atoms with Gasteiger partial charge in [0.2, 0.25) is 5.88 Å². The molecule has 1 saturated heterocycles. The standard InChI is InChI=1S/C12H18N2O2/c1-12(15)6-8-14(9-7-12)10-4-3-5-11(13-10)16-2/h3-5,15H,6-9H2,1-2H3. The van der Waals surface area contributed by atoms with Crippen molar-refractivity contribution in [1.82, 2.24) is 4.98 Å². The fourth-order valence-corrected chi connectivity index (χ4v) is 1.91. The fraction of sp³-hybridized carbons (Fsp3) is 0.583. The van der Waals surface area contributed by atoms with E-state index in [2.05, 4.69) is 9.88 Å². The van der Waals surface area contributed by atoms with E-state index >= 15 is 0 Å². The lowest BCUT2D eigenvalue weighted by atomic mass is 9.94. The predicted molar refractivity (Wildman–Crippen MR) is 62.9 cm³/mol. The van der Waals surface area contributed by atoms with E-state index in [1.807, 2.05) is 25.1 Å². The van der Waals surface area contributed by atoms with Gasteiger partial charge in [-0.05, 0) is 25.8 Å². The highest BCUT2D eigenvalue weighted by Crippen LogP contribution is 2.25. The van der Waals surface area contributed by atoms with Gasteiger partial charge in [-0.25, -0.2) is 0 Å². The SMILES string of the molecule is COc1cccc(N2CCC(C)(O)CC2)n1. The predicted octanol–water partition coefficient (Wildman–Crippen LogP) is 1.44. The van der Waals surface area contributed by atoms with Crippen molar-refractivity contribution in [3.05, 3.63) is 18.2 Å². The molecular formula is C12H18N2O2. The minimum atomic E-state index is -0.518. The third-order valence-corrected chi connectivity index (χ3v) is 3.08. The number of aliphatic hydroxyl groups is 1. The van der Waals surface area contributed by atoms with Gasteiger partial charge in [0, 0.05) is 19.2 Å². The first-order chi connectivity index (χ1) is 7.61. The van der Waals surface area contributed by atoms with E-state index in [9.17, 15) is 5.11 Å². The molecule has 4 nitrogen and oxygen atoms in total. The van der Waals surface area contributed by atoms with Crippen molar-refractivity contribution in [2.24, 2.45) is 0 Å². The number of rotatable bonds is 2. The van der Waals surface area contributed by atoms with Gasteiger partial charge < -0.3 is 14.7 Å². The zero-order valence-corrected chi connectivity index (χ0v) is 9.81. The Morgan fingerprint density at radius 1 is 1.38 bits per heavy atom. The summed E-state index contributed by atoms with van der Waals surface area (Å²) in [5.41, 5.74) is -0.518. The summed E-state index contributed by atoms with van der Waals surface area (Å²) in [6.07, 6.45) is 1.57. The molecule has 0 radical (unpaired) electrons. The van der Waals surface area contributed by atoms with Crippen molar-refractivity contribution in [3.63, 3.8) is 0 Å². The number of pyridine rings is 1. The first kappa shape index (κ1) is 11.2. The van der Waals surface area contributed by atoms with Gasteiger partial charge in [0.1, 0.15) is 5.82 Å². The highest BCUT2D eigenvalue weighted by Gasteiger charge is 2.27. The van der Waals surface area contributed by atoms with E-state index < -0.39 is 5.60 Å². The molecule has 16 heavy (non-hydrogen) atoms. The van der Waals surface area contributed by atoms with Crippen molar-refractivity contribution in [3.8, 4) is 5.88 Å². The Hall–Kier alpha value is -1.29. The lowest BCUT2D eigenvalue weighted by Gasteiger charge is -2.36. The van der Waals surface area contributed by atoms with Crippen molar-refractivity contribution < 1.29 is 9.84 Å². The Bertz CT molecular complexity index is 356. The second kappa shape index (κ2) is 4.29. The van der Waals surface area contributed by atoms with Gasteiger partial charge in [-0.3, -0.25) is 0 Å². The fourth-order valence-electron chi connectivity index (χ4n) is 1.91. The highest BCUT2D eigenvalue weighted by molar-refractivity contribution is 5.41. The molecule has 0 atom stereocenters. The summed E-state index contributed by atoms with van der Waals surface area (Å²) in [5, 5.41) is 9.87. The summed E-state index contributed by atoms with van der Waals surface area (Å²) in [5.74, 6) is 1.56. The van der Waals surface area contributed by atoms with Gasteiger partial charge in [-0.1, -0.05) is 6.07 Å². The minimum absolute atomic E-state index is 0.518. The van der Waals surface area contributed by atoms with Crippen LogP contribution in [-0.4, -0.2) is 35.9 Å². The van der Waals surface area contributed by atoms with Crippen molar-refractivity contribution >= 4 is 5.82 Å². The number of aromatic nitrogens is 1. The van der Waals surface area contributed by atoms with E-state index in [0.29, 0.717) is 5.88 Å². The quantitative estimate of drug-likeness (QED) is 0.822. The van der Waals surface area contributed by atoms with Gasteiger partial charge in [0.15, 0.2) is 0 Å². The molecule has 2 heterocycles. The van der Waals surface area contributed by atoms with Gasteiger partial charge in [-0.2, -0.15) is 4.98 Å². The molecule has 1 aromatic heterocycles. The molecule has 0 unspecified atom stereocenters. The Labute approximate surface area is 95.9 Å². The van der Waals surface area contributed by atoms with Crippen molar-refractivity contribution in [2.75, 3.05) is 25.1 Å². The molecule has 1 N–H and O–H groups in total. The van der Waals surface area contributed by atoms with Gasteiger partial charge in [-0.15, -0.1) is 0 Å². The molecule has 0 bridgehead atoms. The molecule has 88 valence electrons. The van der Waals surface area contributed by atoms with Crippen LogP contribution in [0.1, 0.15) is 19.8 Å². The molecule has 1 aliphatic heterocycles. The molecule has 1 fully saturated rings. The Morgan fingerprint density at radius 2 is 2.06 bits per heavy atom. The number of hydrogen-bond donors (Lipinski definition) is 1. The first-order valence-corrected chi connectivity index (χ1v) is 5.59. The highest BCUT2D eigenvalue weighted by atomic mass is 16.5. The van der Waals surface area contributed by atoms with E-state index in [4.69, 9.17) is 4.74 Å². The Morgan fingerprint density at radius 3 is 2.69 bits per heavy atom. The van der Waals surface area contributed by atoms with Gasteiger partial charge in [0.05, 0.1) is 12.7 Å². The molecule has 4 heteroatoms. The van der Waals surface area contributed by atoms with Crippen LogP contribution in [0.3, 0.4) is 0 Å². The monoisotopic (exact) mass is 222 g/mol. The van der Waals surface area contributed by atoms with Crippen LogP contribution in [0.25, 0.3) is 0 Å². The summed E-state index contributed by atoms with van der Waals surface area (Å²) < 4.78 is 5.10. The molecule has 0 saturated carbocycles. The normalized spacial score (nSPS) is 19.6. The summed E-state index contributed by atoms with van der Waals surface area (Å²) in [7, 11) is 1.62. The molecule has 1 aliphatic rings. The molecule has 0 aliphatic carbocycles. The maximum Gasteiger partial charge on any atom is 0.214 e. The topological polar surface area (TPSA) is 45.6 Å². The number of anilines is 1. The van der Waals surface area contributed by atoms with Crippen LogP contribution in [0.4, 0.5) is 5.82 Å². The Balaban J connectivity index is 2.08. The van der Waals surface area contributed by atoms with E-state index in [0.717, 1.165) is 31.7 Å². The lowest BCUT2D eigenvalue weighted by Crippen LogP contribution is -2.42. The zero-order valence-electron chi connectivity index (χ0n) is 9.81. The van der Waals surface area contributed by atoms with Crippen LogP contribution in [0.5, 0.6) is 5.88 Å². The van der Waals surface area contributed by atoms with Crippen molar-refractivity contribution in [1.29, 1.82) is 0 Å². The van der Waals surface area contributed by atoms with Crippen molar-refractivity contribution in [2.45, 2.75) is 25.4 Å². The molecule has 0 amide bonds. The van der Waals surface area contributed by atoms with Crippen LogP contribution in [0, 0.1) is 0 Å². The average molecular weight is 222 g/mol. The zero-order chi connectivity index (χ0) is 11.6. The third-order valence-electron chi connectivity index (χ3n) is 3.08. The van der Waals surface area contributed by atoms with Gasteiger partial charge >= 0.3 is 0 Å². The second-order valence-corrected chi connectivity index (χ2v) is 4.52. The summed E-state index contributed by atoms with van der Waals surface area (Å²) >= 11 is 0. The first-order valence-electron chi connectivity index (χ1n) is 5.59. The molecule has 2 rings (SSSR count). The summed E-state index contributed by atoms with van der Waals surface area (Å²) in [4.78, 5) is 6.57. The molecular weight excluding hydrogens is 204 g/mol. The molecule has 0 aromatic carbocycles. The molecule has 1 aromatic rings. The van der Waals surface area contributed by atoms with Crippen LogP contribution >= 0.6 is 0 Å². The maximum atomic E-state index is 9.87. The van der Waals surface area contributed by atoms with E-state index in [-0.39, 0.29) is 0 Å². The number of ether oxygens (including phenoxy) is 1. The van der Waals surface area contributed by atoms with Crippen LogP contribution in [-0.2, 0) is 0 Å². The van der Waals surface area contributed by atoms with Crippen LogP contribution < -0.4 is 9.64 Å². The van der Waals surface area contributed by atoms with Gasteiger partial charge in [0.25, 0.3) is 0 Å². The summed E-state index contributed by atoms with van der Waals surface area (Å²) in [6.45, 7) is 3.57. The van der Waals surface area contributed by atoms with E-state index in [1.165, 1.54) is 0 Å². The maximum absolute atomic E-state index is 9.87. The van der Waals surface area contributed by atoms with E-state index in [1.54, 1.807) is 7.11 Å². The number of methoxy groups -OCH3 is 1. The summed E-state index contributed by atoms with van der Waals surface area (Å²) in [6, 6.07) is 5.75. The minimum Gasteiger partial charge on any atom is -0.481 e. The smallest absolute Gasteiger partial charge is 0.214 e. The third kappa shape index (κ3) is 2.44. The number of nitrogens with zero attached hydrogens (tertiary/aromatic N) is 2. The number of hydrogen-bond acceptors (Lipinski definition) is 4. The molecule has 0 spiro atoms. The lowest BCUT2D eigenvalue weighted by molar-refractivity contribution is 0.0350. The largest absolute Gasteiger partial charge is 0.481 e. The van der Waals surface area contributed by atoms with Crippen LogP contribution in [0.15, 0.2) is 18.2 Å². The van der Waals surface area contributed by atoms with Crippen LogP contribution in [0.2, 0.25) is 0 Å². The Kier molecular flexibility index (Phi) is 3.01.